The van der Waals surface area contributed by atoms with E-state index in [4.69, 9.17) is 16.0 Å². The molecule has 0 atom stereocenters. The first-order valence-corrected chi connectivity index (χ1v) is 10.7. The average Bonchev–Trinajstić information content (AvgIpc) is 3.21. The number of hydrogen-bond acceptors (Lipinski definition) is 4. The summed E-state index contributed by atoms with van der Waals surface area (Å²) < 4.78 is 8.91. The number of benzene rings is 2. The predicted octanol–water partition coefficient (Wildman–Crippen LogP) is 4.47. The van der Waals surface area contributed by atoms with Crippen LogP contribution in [0.2, 0.25) is 5.02 Å². The van der Waals surface area contributed by atoms with E-state index in [9.17, 15) is 9.59 Å². The Bertz CT molecular complexity index is 1360. The fraction of sp³-hybridized carbons (Fsp3) is 0.250. The number of halogens is 1. The van der Waals surface area contributed by atoms with Gasteiger partial charge in [0.2, 0.25) is 0 Å². The highest BCUT2D eigenvalue weighted by Crippen LogP contribution is 2.25. The van der Waals surface area contributed by atoms with Crippen molar-refractivity contribution in [1.82, 2.24) is 14.0 Å². The second-order valence-corrected chi connectivity index (χ2v) is 8.50. The molecule has 8 heteroatoms. The Morgan fingerprint density at radius 1 is 1.12 bits per heavy atom. The quantitative estimate of drug-likeness (QED) is 0.468. The van der Waals surface area contributed by atoms with E-state index in [1.54, 1.807) is 22.8 Å². The first-order valence-electron chi connectivity index (χ1n) is 10.3. The lowest BCUT2D eigenvalue weighted by atomic mass is 10.2. The lowest BCUT2D eigenvalue weighted by molar-refractivity contribution is 0.102. The van der Waals surface area contributed by atoms with Crippen molar-refractivity contribution < 1.29 is 9.21 Å². The van der Waals surface area contributed by atoms with Gasteiger partial charge < -0.3 is 19.2 Å². The molecule has 32 heavy (non-hydrogen) atoms. The minimum atomic E-state index is -0.407. The van der Waals surface area contributed by atoms with Crippen molar-refractivity contribution in [3.05, 3.63) is 81.1 Å². The van der Waals surface area contributed by atoms with Gasteiger partial charge >= 0.3 is 5.76 Å². The molecule has 166 valence electrons. The largest absolute Gasteiger partial charge is 0.419 e. The van der Waals surface area contributed by atoms with Gasteiger partial charge in [-0.25, -0.2) is 4.79 Å². The second kappa shape index (κ2) is 8.68. The van der Waals surface area contributed by atoms with Crippen LogP contribution < -0.4 is 11.1 Å². The Kier molecular flexibility index (Phi) is 5.95. The fourth-order valence-electron chi connectivity index (χ4n) is 3.86. The first kappa shape index (κ1) is 21.9. The van der Waals surface area contributed by atoms with Crippen LogP contribution in [0.1, 0.15) is 21.7 Å². The molecule has 7 nitrogen and oxygen atoms in total. The molecule has 0 radical (unpaired) electrons. The molecule has 1 amide bonds. The first-order chi connectivity index (χ1) is 15.2. The third-order valence-electron chi connectivity index (χ3n) is 5.44. The van der Waals surface area contributed by atoms with Crippen molar-refractivity contribution in [1.29, 1.82) is 0 Å². The van der Waals surface area contributed by atoms with Crippen molar-refractivity contribution in [2.45, 2.75) is 20.4 Å². The van der Waals surface area contributed by atoms with Gasteiger partial charge in [-0.2, -0.15) is 0 Å². The van der Waals surface area contributed by atoms with Crippen molar-refractivity contribution in [2.75, 3.05) is 26.0 Å². The third-order valence-corrected chi connectivity index (χ3v) is 5.67. The standard InChI is InChI=1S/C24H25ClN4O3/c1-15-12-20(16(2)29(15)19-7-5-6-17(25)13-19)23(30)26-18-8-9-22-21(14-18)28(24(31)32-22)11-10-27(3)4/h5-9,12-14H,10-11H2,1-4H3,(H,26,30). The number of aromatic nitrogens is 2. The van der Waals surface area contributed by atoms with Gasteiger partial charge in [-0.1, -0.05) is 17.7 Å². The normalized spacial score (nSPS) is 11.4. The number of carbonyl (C=O) groups is 1. The van der Waals surface area contributed by atoms with Gasteiger partial charge in [0.05, 0.1) is 11.1 Å². The molecule has 4 aromatic rings. The van der Waals surface area contributed by atoms with Gasteiger partial charge in [0.15, 0.2) is 5.58 Å². The summed E-state index contributed by atoms with van der Waals surface area (Å²) in [6.45, 7) is 5.05. The van der Waals surface area contributed by atoms with Crippen LogP contribution in [0.3, 0.4) is 0 Å². The van der Waals surface area contributed by atoms with Gasteiger partial charge in [-0.05, 0) is 70.4 Å². The molecule has 4 rings (SSSR count). The summed E-state index contributed by atoms with van der Waals surface area (Å²) in [5, 5.41) is 3.58. The molecular formula is C24H25ClN4O3. The van der Waals surface area contributed by atoms with Crippen molar-refractivity contribution in [3.8, 4) is 5.69 Å². The van der Waals surface area contributed by atoms with Crippen molar-refractivity contribution >= 4 is 34.3 Å². The van der Waals surface area contributed by atoms with Crippen LogP contribution in [-0.2, 0) is 6.54 Å². The van der Waals surface area contributed by atoms with Crippen LogP contribution in [0.25, 0.3) is 16.8 Å². The van der Waals surface area contributed by atoms with E-state index in [-0.39, 0.29) is 5.91 Å². The molecule has 0 unspecified atom stereocenters. The summed E-state index contributed by atoms with van der Waals surface area (Å²) in [5.74, 6) is -0.633. The number of oxazole rings is 1. The molecule has 0 saturated heterocycles. The van der Waals surface area contributed by atoms with Crippen LogP contribution >= 0.6 is 11.6 Å². The summed E-state index contributed by atoms with van der Waals surface area (Å²) in [4.78, 5) is 27.3. The lowest BCUT2D eigenvalue weighted by Crippen LogP contribution is -2.23. The topological polar surface area (TPSA) is 72.4 Å². The van der Waals surface area contributed by atoms with Crippen LogP contribution in [0.4, 0.5) is 5.69 Å². The number of amides is 1. The predicted molar refractivity (Wildman–Crippen MR) is 127 cm³/mol. The van der Waals surface area contributed by atoms with Gasteiger partial charge in [-0.3, -0.25) is 9.36 Å². The Morgan fingerprint density at radius 3 is 2.62 bits per heavy atom. The number of anilines is 1. The lowest BCUT2D eigenvalue weighted by Gasteiger charge is -2.11. The summed E-state index contributed by atoms with van der Waals surface area (Å²) >= 11 is 6.15. The van der Waals surface area contributed by atoms with E-state index in [1.165, 1.54) is 0 Å². The van der Waals surface area contributed by atoms with E-state index in [0.717, 1.165) is 17.1 Å². The van der Waals surface area contributed by atoms with E-state index < -0.39 is 5.76 Å². The van der Waals surface area contributed by atoms with Crippen molar-refractivity contribution in [3.63, 3.8) is 0 Å². The van der Waals surface area contributed by atoms with E-state index in [2.05, 4.69) is 5.32 Å². The molecule has 0 aliphatic rings. The van der Waals surface area contributed by atoms with Gasteiger partial charge in [0.25, 0.3) is 5.91 Å². The Labute approximate surface area is 190 Å². The number of likely N-dealkylation sites (N-methyl/N-ethyl adjacent to an activating group) is 1. The molecule has 1 N–H and O–H groups in total. The van der Waals surface area contributed by atoms with Crippen molar-refractivity contribution in [2.24, 2.45) is 0 Å². The minimum Gasteiger partial charge on any atom is -0.408 e. The Morgan fingerprint density at radius 2 is 1.91 bits per heavy atom. The molecule has 0 aliphatic heterocycles. The molecule has 2 aromatic heterocycles. The molecule has 0 fully saturated rings. The number of fused-ring (bicyclic) bond motifs is 1. The maximum atomic E-state index is 13.1. The maximum Gasteiger partial charge on any atom is 0.419 e. The third kappa shape index (κ3) is 4.22. The number of nitrogens with zero attached hydrogens (tertiary/aromatic N) is 3. The molecule has 0 saturated carbocycles. The molecule has 0 spiro atoms. The number of nitrogens with one attached hydrogen (secondary N) is 1. The average molecular weight is 453 g/mol. The Balaban J connectivity index is 1.64. The van der Waals surface area contributed by atoms with E-state index >= 15 is 0 Å². The zero-order valence-corrected chi connectivity index (χ0v) is 19.2. The van der Waals surface area contributed by atoms with Crippen LogP contribution in [-0.4, -0.2) is 40.6 Å². The molecular weight excluding hydrogens is 428 g/mol. The van der Waals surface area contributed by atoms with Crippen LogP contribution in [0.15, 0.2) is 57.7 Å². The van der Waals surface area contributed by atoms with Crippen LogP contribution in [0, 0.1) is 13.8 Å². The monoisotopic (exact) mass is 452 g/mol. The maximum absolute atomic E-state index is 13.1. The smallest absolute Gasteiger partial charge is 0.408 e. The molecule has 2 heterocycles. The number of carbonyl (C=O) groups excluding carboxylic acids is 1. The van der Waals surface area contributed by atoms with E-state index in [0.29, 0.717) is 40.5 Å². The highest BCUT2D eigenvalue weighted by atomic mass is 35.5. The molecule has 0 bridgehead atoms. The summed E-state index contributed by atoms with van der Waals surface area (Å²) in [5.41, 5.74) is 4.95. The zero-order valence-electron chi connectivity index (χ0n) is 18.5. The summed E-state index contributed by atoms with van der Waals surface area (Å²) in [7, 11) is 3.89. The summed E-state index contributed by atoms with van der Waals surface area (Å²) in [6, 6.07) is 14.6. The molecule has 2 aromatic carbocycles. The molecule has 0 aliphatic carbocycles. The van der Waals surface area contributed by atoms with Gasteiger partial charge in [0.1, 0.15) is 0 Å². The highest BCUT2D eigenvalue weighted by Gasteiger charge is 2.18. The Hall–Kier alpha value is -3.29. The highest BCUT2D eigenvalue weighted by molar-refractivity contribution is 6.30. The van der Waals surface area contributed by atoms with E-state index in [1.807, 2.05) is 67.7 Å². The summed E-state index contributed by atoms with van der Waals surface area (Å²) in [6.07, 6.45) is 0. The van der Waals surface area contributed by atoms with Crippen LogP contribution in [0.5, 0.6) is 0 Å². The van der Waals surface area contributed by atoms with Gasteiger partial charge in [-0.15, -0.1) is 0 Å². The number of aryl methyl sites for hydroxylation is 1. The number of hydrogen-bond donors (Lipinski definition) is 1. The number of rotatable bonds is 6. The van der Waals surface area contributed by atoms with Gasteiger partial charge in [0, 0.05) is 40.9 Å². The fourth-order valence-corrected chi connectivity index (χ4v) is 4.04. The minimum absolute atomic E-state index is 0.226. The SMILES string of the molecule is Cc1cc(C(=O)Nc2ccc3oc(=O)n(CCN(C)C)c3c2)c(C)n1-c1cccc(Cl)c1. The second-order valence-electron chi connectivity index (χ2n) is 8.06. The zero-order chi connectivity index (χ0) is 23.0.